The Bertz CT molecular complexity index is 4270. The van der Waals surface area contributed by atoms with E-state index in [9.17, 15) is 0 Å². The second-order valence-corrected chi connectivity index (χ2v) is 39.5. The van der Waals surface area contributed by atoms with Crippen LogP contribution >= 0.6 is 15.8 Å². The van der Waals surface area contributed by atoms with Crippen LogP contribution in [0.2, 0.25) is 0 Å². The van der Waals surface area contributed by atoms with Gasteiger partial charge in [0.15, 0.2) is 0 Å². The third-order valence-corrected chi connectivity index (χ3v) is 25.6. The van der Waals surface area contributed by atoms with Gasteiger partial charge in [-0.2, -0.15) is 0 Å². The molecule has 0 saturated heterocycles. The first-order valence-electron chi connectivity index (χ1n) is 38.2. The maximum atomic E-state index is 7.83. The van der Waals surface area contributed by atoms with E-state index in [1.807, 2.05) is 21.3 Å². The number of benzene rings is 8. The highest BCUT2D eigenvalue weighted by Gasteiger charge is 2.32. The van der Waals surface area contributed by atoms with Gasteiger partial charge in [-0.15, -0.1) is 0 Å². The zero-order valence-electron chi connectivity index (χ0n) is 68.3. The summed E-state index contributed by atoms with van der Waals surface area (Å²) in [4.78, 5) is 0. The molecule has 8 aromatic rings. The lowest BCUT2D eigenvalue weighted by atomic mass is 9.79. The fourth-order valence-electron chi connectivity index (χ4n) is 13.6. The first-order chi connectivity index (χ1) is 49.5. The summed E-state index contributed by atoms with van der Waals surface area (Å²) in [6.07, 6.45) is 13.8. The zero-order valence-corrected chi connectivity index (χ0v) is 70.1. The molecule has 0 spiro atoms. The molecule has 2 atom stereocenters. The van der Waals surface area contributed by atoms with Gasteiger partial charge >= 0.3 is 0 Å². The Balaban J connectivity index is 1.42. The van der Waals surface area contributed by atoms with Crippen LogP contribution in [0.3, 0.4) is 0 Å². The molecule has 0 radical (unpaired) electrons. The summed E-state index contributed by atoms with van der Waals surface area (Å²) in [6.45, 7) is 49.3. The van der Waals surface area contributed by atoms with Crippen molar-refractivity contribution in [3.63, 3.8) is 0 Å². The molecule has 2 unspecified atom stereocenters. The van der Waals surface area contributed by atoms with E-state index in [4.69, 9.17) is 28.4 Å². The van der Waals surface area contributed by atoms with Crippen molar-refractivity contribution in [1.29, 1.82) is 0 Å². The molecule has 0 heterocycles. The van der Waals surface area contributed by atoms with Gasteiger partial charge in [0.1, 0.15) is 47.2 Å². The normalized spacial score (nSPS) is 16.4. The molecule has 558 valence electrons. The van der Waals surface area contributed by atoms with E-state index in [2.05, 4.69) is 340 Å². The van der Waals surface area contributed by atoms with E-state index in [0.29, 0.717) is 57.8 Å². The lowest BCUT2D eigenvalue weighted by molar-refractivity contribution is 0.233. The third kappa shape index (κ3) is 21.2. The number of methoxy groups -OCH3 is 3. The van der Waals surface area contributed by atoms with Crippen molar-refractivity contribution in [2.45, 2.75) is 206 Å². The van der Waals surface area contributed by atoms with Crippen LogP contribution in [0.5, 0.6) is 23.0 Å². The van der Waals surface area contributed by atoms with Gasteiger partial charge in [-0.05, 0) is 191 Å². The van der Waals surface area contributed by atoms with Crippen molar-refractivity contribution < 1.29 is 28.4 Å². The molecule has 0 saturated carbocycles. The van der Waals surface area contributed by atoms with Crippen LogP contribution in [-0.4, -0.2) is 40.6 Å². The molecule has 8 aromatic carbocycles. The maximum absolute atomic E-state index is 7.83. The Morgan fingerprint density at radius 2 is 0.619 bits per heavy atom. The van der Waals surface area contributed by atoms with E-state index in [1.54, 1.807) is 0 Å². The minimum Gasteiger partial charge on any atom is -0.497 e. The zero-order chi connectivity index (χ0) is 76.4. The molecule has 6 nitrogen and oxygen atoms in total. The van der Waals surface area contributed by atoms with Crippen LogP contribution in [0, 0.1) is 22.7 Å². The average molecular weight is 1450 g/mol. The number of hydrogen-bond donors (Lipinski definition) is 0. The van der Waals surface area contributed by atoms with Gasteiger partial charge in [0.25, 0.3) is 0 Å². The summed E-state index contributed by atoms with van der Waals surface area (Å²) in [5, 5.41) is 5.05. The van der Waals surface area contributed by atoms with Gasteiger partial charge in [0.2, 0.25) is 0 Å². The van der Waals surface area contributed by atoms with Crippen molar-refractivity contribution in [3.05, 3.63) is 284 Å². The van der Waals surface area contributed by atoms with Gasteiger partial charge in [-0.1, -0.05) is 320 Å². The fourth-order valence-corrected chi connectivity index (χ4v) is 17.4. The van der Waals surface area contributed by atoms with Crippen molar-refractivity contribution in [1.82, 2.24) is 0 Å². The van der Waals surface area contributed by atoms with Crippen LogP contribution < -0.4 is 40.2 Å². The van der Waals surface area contributed by atoms with E-state index in [0.717, 1.165) is 90.2 Å². The SMILES string of the molecule is CCO/C1=C\CC(=C/C(C)C(C)(C)C)/C(OC)=C/Cc2cc(C(C)(C)C)cc(c2OCP(c2ccccc2)c2ccccc2)Cc2cc(C(C)(C)C)cc(c2OC)Cc2cc(C(C)(C)C)cc(c2OCP(c2ccccc2)c2ccccc2)Cc2cc(C(C)(C)C)cc(c2OC)C\C1=C\C(C)C(C)(C)C. The molecule has 9 rings (SSSR count). The number of fused-ring (bicyclic) bond motifs is 8. The monoisotopic (exact) mass is 1450 g/mol. The Morgan fingerprint density at radius 3 is 0.914 bits per heavy atom. The van der Waals surface area contributed by atoms with Gasteiger partial charge in [-0.25, -0.2) is 0 Å². The molecule has 1 aliphatic rings. The van der Waals surface area contributed by atoms with Crippen LogP contribution in [0.15, 0.2) is 217 Å². The molecule has 0 aromatic heterocycles. The Hall–Kier alpha value is -7.62. The van der Waals surface area contributed by atoms with E-state index in [-0.39, 0.29) is 44.3 Å². The lowest BCUT2D eigenvalue weighted by Gasteiger charge is -2.29. The maximum Gasteiger partial charge on any atom is 0.126 e. The standard InChI is InChI=1S/C97H124O6P2/c1-25-101-87-49-46-68(50-66(2)92(4,5)6)86(98-22)48-47-69-56-78(94(10,11)12)61-75(90(69)102-64-104(82-38-30-26-31-39-82)83-40-32-27-33-41-83)53-72-58-80(96(16,17)18)60-74(89(72)100-24)55-77-63-81(97(19,20)21)62-76(91(77)103-65-105(84-42-34-28-35-43-84)85-44-36-29-37-45-85)54-73-59-79(95(13,14)15)57-71(88(73)99-23)52-70(87)51-67(3)93(7,8)9/h26-45,48-51,56-63,66-67H,25,46-47,52-55,64-65H2,1-24H3/b68-50-,70-51-,86-48-,87-49-. The molecule has 1 aliphatic carbocycles. The molecule has 105 heavy (non-hydrogen) atoms. The molecular weight excluding hydrogens is 1320 g/mol. The second kappa shape index (κ2) is 34.5. The number of hydrogen-bond acceptors (Lipinski definition) is 6. The number of rotatable bonds is 17. The summed E-state index contributed by atoms with van der Waals surface area (Å²) in [5.74, 6) is 5.59. The first kappa shape index (κ1) is 81.5. The van der Waals surface area contributed by atoms with Crippen molar-refractivity contribution >= 4 is 37.1 Å². The number of allylic oxidation sites excluding steroid dienone is 6. The minimum atomic E-state index is -0.972. The van der Waals surface area contributed by atoms with Crippen molar-refractivity contribution in [3.8, 4) is 23.0 Å². The van der Waals surface area contributed by atoms with E-state index < -0.39 is 15.8 Å². The highest BCUT2D eigenvalue weighted by atomic mass is 31.1. The molecule has 8 bridgehead atoms. The molecule has 0 amide bonds. The molecule has 0 aliphatic heterocycles. The smallest absolute Gasteiger partial charge is 0.126 e. The molecular formula is C97H124O6P2. The molecule has 0 N–H and O–H groups in total. The van der Waals surface area contributed by atoms with E-state index in [1.165, 1.54) is 43.5 Å². The first-order valence-corrected chi connectivity index (χ1v) is 41.3. The third-order valence-electron chi connectivity index (χ3n) is 21.1. The van der Waals surface area contributed by atoms with Crippen LogP contribution in [0.1, 0.15) is 219 Å². The van der Waals surface area contributed by atoms with Crippen molar-refractivity contribution in [2.75, 3.05) is 40.6 Å². The summed E-state index contributed by atoms with van der Waals surface area (Å²) in [5.41, 5.74) is 15.0. The summed E-state index contributed by atoms with van der Waals surface area (Å²) >= 11 is 0. The Labute approximate surface area is 637 Å². The fraction of sp³-hybridized carbons (Fsp3) is 0.423. The van der Waals surface area contributed by atoms with Crippen molar-refractivity contribution in [2.24, 2.45) is 22.7 Å². The summed E-state index contributed by atoms with van der Waals surface area (Å²) in [6, 6.07) is 63.2. The van der Waals surface area contributed by atoms with Crippen LogP contribution in [-0.2, 0) is 63.2 Å². The highest BCUT2D eigenvalue weighted by molar-refractivity contribution is 7.73. The van der Waals surface area contributed by atoms with Gasteiger partial charge < -0.3 is 28.4 Å². The second-order valence-electron chi connectivity index (χ2n) is 35.2. The van der Waals surface area contributed by atoms with Gasteiger partial charge in [0, 0.05) is 25.7 Å². The van der Waals surface area contributed by atoms with Gasteiger partial charge in [0.05, 0.1) is 27.9 Å². The largest absolute Gasteiger partial charge is 0.497 e. The highest BCUT2D eigenvalue weighted by Crippen LogP contribution is 2.47. The van der Waals surface area contributed by atoms with Crippen LogP contribution in [0.4, 0.5) is 0 Å². The minimum absolute atomic E-state index is 0.0370. The van der Waals surface area contributed by atoms with E-state index >= 15 is 0 Å². The Morgan fingerprint density at radius 1 is 0.333 bits per heavy atom. The Kier molecular flexibility index (Phi) is 26.8. The predicted molar refractivity (Wildman–Crippen MR) is 451 cm³/mol. The average Bonchev–Trinajstić information content (AvgIpc) is 0.771. The lowest BCUT2D eigenvalue weighted by Crippen LogP contribution is -2.19. The quantitative estimate of drug-likeness (QED) is 0.0847. The van der Waals surface area contributed by atoms with Crippen LogP contribution in [0.25, 0.3) is 0 Å². The topological polar surface area (TPSA) is 55.4 Å². The summed E-state index contributed by atoms with van der Waals surface area (Å²) in [7, 11) is 3.63. The summed E-state index contributed by atoms with van der Waals surface area (Å²) < 4.78 is 43.3. The van der Waals surface area contributed by atoms with Gasteiger partial charge in [-0.3, -0.25) is 0 Å². The predicted octanol–water partition coefficient (Wildman–Crippen LogP) is 23.8. The molecule has 0 fully saturated rings. The number of ether oxygens (including phenoxy) is 6. The molecule has 8 heteroatoms.